The Morgan fingerprint density at radius 1 is 1.19 bits per heavy atom. The molecule has 1 aliphatic heterocycles. The lowest BCUT2D eigenvalue weighted by molar-refractivity contribution is 0.266. The van der Waals surface area contributed by atoms with E-state index in [2.05, 4.69) is 53.2 Å². The van der Waals surface area contributed by atoms with Gasteiger partial charge in [0.25, 0.3) is 0 Å². The van der Waals surface area contributed by atoms with Crippen molar-refractivity contribution in [3.63, 3.8) is 0 Å². The number of nitrogens with one attached hydrogen (secondary N) is 1. The van der Waals surface area contributed by atoms with E-state index >= 15 is 0 Å². The third-order valence-corrected chi connectivity index (χ3v) is 6.26. The van der Waals surface area contributed by atoms with E-state index in [1.807, 2.05) is 33.6 Å². The lowest BCUT2D eigenvalue weighted by Crippen LogP contribution is -2.33. The minimum atomic E-state index is 0.0914. The normalized spacial score (nSPS) is 16.4. The maximum atomic E-state index is 9.77. The van der Waals surface area contributed by atoms with E-state index in [1.54, 1.807) is 6.33 Å². The van der Waals surface area contributed by atoms with E-state index in [1.165, 1.54) is 16.7 Å². The lowest BCUT2D eigenvalue weighted by atomic mass is 10.0. The molecule has 160 valence electrons. The highest BCUT2D eigenvalue weighted by Gasteiger charge is 2.27. The van der Waals surface area contributed by atoms with Crippen LogP contribution in [0.25, 0.3) is 11.2 Å². The van der Waals surface area contributed by atoms with Gasteiger partial charge < -0.3 is 19.9 Å². The van der Waals surface area contributed by atoms with Crippen LogP contribution in [-0.2, 0) is 0 Å². The van der Waals surface area contributed by atoms with Gasteiger partial charge in [-0.05, 0) is 74.6 Å². The van der Waals surface area contributed by atoms with Crippen LogP contribution < -0.4 is 10.2 Å². The summed E-state index contributed by atoms with van der Waals surface area (Å²) in [5.74, 6) is 1.99. The van der Waals surface area contributed by atoms with Crippen LogP contribution in [0.15, 0.2) is 43.0 Å². The predicted octanol–water partition coefficient (Wildman–Crippen LogP) is 3.54. The molecule has 0 amide bonds. The first-order valence-corrected chi connectivity index (χ1v) is 10.7. The van der Waals surface area contributed by atoms with Gasteiger partial charge in [0.1, 0.15) is 11.8 Å². The molecule has 0 saturated carbocycles. The number of hydrogen-bond donors (Lipinski definition) is 2. The van der Waals surface area contributed by atoms with Gasteiger partial charge in [0, 0.05) is 18.4 Å². The van der Waals surface area contributed by atoms with Crippen LogP contribution in [0.3, 0.4) is 0 Å². The summed E-state index contributed by atoms with van der Waals surface area (Å²) in [6.07, 6.45) is 7.66. The molecule has 0 radical (unpaired) electrons. The summed E-state index contributed by atoms with van der Waals surface area (Å²) in [6.45, 7) is 7.40. The number of nitrogens with zero attached hydrogens (tertiary/aromatic N) is 6. The summed E-state index contributed by atoms with van der Waals surface area (Å²) >= 11 is 0. The molecular formula is C23H27N7O. The van der Waals surface area contributed by atoms with Crippen molar-refractivity contribution in [2.75, 3.05) is 23.4 Å². The Labute approximate surface area is 181 Å². The Bertz CT molecular complexity index is 1220. The van der Waals surface area contributed by atoms with Gasteiger partial charge in [-0.3, -0.25) is 0 Å². The molecule has 0 bridgehead atoms. The van der Waals surface area contributed by atoms with Gasteiger partial charge in [0.2, 0.25) is 5.95 Å². The standard InChI is InChI=1S/C23H27N7O/c1-15-10-19(11-16(2)17(15)3)28-12-21(24-14-28)25-23-26-22(20-7-5-9-30(20)27-23)29-8-4-6-18(29)13-31/h5,7,9-12,14,18,31H,4,6,8,13H2,1-3H3,(H,25,27)/t18-/m0/s1. The van der Waals surface area contributed by atoms with Gasteiger partial charge in [-0.15, -0.1) is 5.10 Å². The van der Waals surface area contributed by atoms with Crippen molar-refractivity contribution in [3.8, 4) is 5.69 Å². The summed E-state index contributed by atoms with van der Waals surface area (Å²) in [5.41, 5.74) is 5.83. The third kappa shape index (κ3) is 3.53. The molecule has 0 spiro atoms. The molecule has 31 heavy (non-hydrogen) atoms. The smallest absolute Gasteiger partial charge is 0.248 e. The van der Waals surface area contributed by atoms with E-state index in [4.69, 9.17) is 4.98 Å². The molecule has 1 aromatic carbocycles. The second kappa shape index (κ2) is 7.70. The Kier molecular flexibility index (Phi) is 4.86. The summed E-state index contributed by atoms with van der Waals surface area (Å²) in [7, 11) is 0. The topological polar surface area (TPSA) is 83.5 Å². The highest BCUT2D eigenvalue weighted by Crippen LogP contribution is 2.29. The fraction of sp³-hybridized carbons (Fsp3) is 0.348. The van der Waals surface area contributed by atoms with Gasteiger partial charge in [-0.1, -0.05) is 0 Å². The maximum absolute atomic E-state index is 9.77. The van der Waals surface area contributed by atoms with Crippen LogP contribution in [0, 0.1) is 20.8 Å². The first-order valence-electron chi connectivity index (χ1n) is 10.7. The molecule has 1 aliphatic rings. The minimum Gasteiger partial charge on any atom is -0.394 e. The highest BCUT2D eigenvalue weighted by molar-refractivity contribution is 5.71. The van der Waals surface area contributed by atoms with Crippen molar-refractivity contribution in [2.45, 2.75) is 39.7 Å². The van der Waals surface area contributed by atoms with Crippen molar-refractivity contribution < 1.29 is 5.11 Å². The number of aryl methyl sites for hydroxylation is 2. The fourth-order valence-corrected chi connectivity index (χ4v) is 4.29. The van der Waals surface area contributed by atoms with Crippen LogP contribution in [0.5, 0.6) is 0 Å². The van der Waals surface area contributed by atoms with Crippen molar-refractivity contribution >= 4 is 23.1 Å². The number of aromatic nitrogens is 5. The summed E-state index contributed by atoms with van der Waals surface area (Å²) in [5, 5.41) is 17.6. The highest BCUT2D eigenvalue weighted by atomic mass is 16.3. The summed E-state index contributed by atoms with van der Waals surface area (Å²) in [6, 6.07) is 8.38. The van der Waals surface area contributed by atoms with Crippen molar-refractivity contribution in [3.05, 3.63) is 59.7 Å². The van der Waals surface area contributed by atoms with Crippen LogP contribution in [0.4, 0.5) is 17.6 Å². The van der Waals surface area contributed by atoms with Crippen molar-refractivity contribution in [1.82, 2.24) is 24.1 Å². The Hall–Kier alpha value is -3.39. The molecule has 4 heterocycles. The SMILES string of the molecule is Cc1cc(-n2cnc(Nc3nc(N4CCC[C@H]4CO)c4cccn4n3)c2)cc(C)c1C. The number of fused-ring (bicyclic) bond motifs is 1. The number of rotatable bonds is 5. The molecule has 1 saturated heterocycles. The predicted molar refractivity (Wildman–Crippen MR) is 121 cm³/mol. The van der Waals surface area contributed by atoms with E-state index < -0.39 is 0 Å². The number of aliphatic hydroxyl groups excluding tert-OH is 1. The zero-order valence-electron chi connectivity index (χ0n) is 18.1. The molecule has 5 rings (SSSR count). The zero-order valence-corrected chi connectivity index (χ0v) is 18.1. The van der Waals surface area contributed by atoms with Crippen LogP contribution in [0.1, 0.15) is 29.5 Å². The zero-order chi connectivity index (χ0) is 21.5. The molecule has 1 fully saturated rings. The van der Waals surface area contributed by atoms with Gasteiger partial charge >= 0.3 is 0 Å². The number of hydrogen-bond acceptors (Lipinski definition) is 6. The first-order chi connectivity index (χ1) is 15.0. The van der Waals surface area contributed by atoms with Crippen LogP contribution in [-0.4, -0.2) is 48.4 Å². The van der Waals surface area contributed by atoms with Crippen LogP contribution >= 0.6 is 0 Å². The van der Waals surface area contributed by atoms with E-state index in [0.29, 0.717) is 11.8 Å². The van der Waals surface area contributed by atoms with Crippen molar-refractivity contribution in [2.24, 2.45) is 0 Å². The molecule has 3 aromatic heterocycles. The number of imidazole rings is 1. The first kappa shape index (κ1) is 19.6. The Morgan fingerprint density at radius 2 is 2.00 bits per heavy atom. The maximum Gasteiger partial charge on any atom is 0.248 e. The Balaban J connectivity index is 1.47. The van der Waals surface area contributed by atoms with Crippen molar-refractivity contribution in [1.29, 1.82) is 0 Å². The van der Waals surface area contributed by atoms with Crippen LogP contribution in [0.2, 0.25) is 0 Å². The third-order valence-electron chi connectivity index (χ3n) is 6.26. The quantitative estimate of drug-likeness (QED) is 0.517. The second-order valence-corrected chi connectivity index (χ2v) is 8.26. The number of anilines is 3. The molecule has 8 nitrogen and oxygen atoms in total. The van der Waals surface area contributed by atoms with E-state index in [-0.39, 0.29) is 12.6 Å². The molecular weight excluding hydrogens is 390 g/mol. The number of aliphatic hydroxyl groups is 1. The molecule has 8 heteroatoms. The molecule has 1 atom stereocenters. The summed E-state index contributed by atoms with van der Waals surface area (Å²) < 4.78 is 3.82. The molecule has 0 unspecified atom stereocenters. The van der Waals surface area contributed by atoms with Gasteiger partial charge in [0.15, 0.2) is 11.6 Å². The monoisotopic (exact) mass is 417 g/mol. The summed E-state index contributed by atoms with van der Waals surface area (Å²) in [4.78, 5) is 11.5. The fourth-order valence-electron chi connectivity index (χ4n) is 4.29. The molecule has 0 aliphatic carbocycles. The molecule has 4 aromatic rings. The Morgan fingerprint density at radius 3 is 2.77 bits per heavy atom. The molecule has 2 N–H and O–H groups in total. The average molecular weight is 418 g/mol. The van der Waals surface area contributed by atoms with Gasteiger partial charge in [0.05, 0.1) is 18.8 Å². The van der Waals surface area contributed by atoms with Gasteiger partial charge in [-0.2, -0.15) is 4.98 Å². The van der Waals surface area contributed by atoms with E-state index in [9.17, 15) is 5.11 Å². The van der Waals surface area contributed by atoms with E-state index in [0.717, 1.165) is 36.4 Å². The number of benzene rings is 1. The largest absolute Gasteiger partial charge is 0.394 e. The minimum absolute atomic E-state index is 0.0914. The lowest BCUT2D eigenvalue weighted by Gasteiger charge is -2.25. The van der Waals surface area contributed by atoms with Gasteiger partial charge in [-0.25, -0.2) is 9.50 Å². The average Bonchev–Trinajstić information content (AvgIpc) is 3.51. The second-order valence-electron chi connectivity index (χ2n) is 8.26.